The molecule has 186 valence electrons. The van der Waals surface area contributed by atoms with E-state index in [1.165, 1.54) is 5.56 Å². The second kappa shape index (κ2) is 10.5. The van der Waals surface area contributed by atoms with Crippen LogP contribution in [0.5, 0.6) is 0 Å². The number of rotatable bonds is 7. The van der Waals surface area contributed by atoms with Crippen LogP contribution >= 0.6 is 0 Å². The molecule has 1 N–H and O–H groups in total. The van der Waals surface area contributed by atoms with Gasteiger partial charge in [0.2, 0.25) is 0 Å². The van der Waals surface area contributed by atoms with Crippen molar-refractivity contribution in [3.05, 3.63) is 64.6 Å². The van der Waals surface area contributed by atoms with Crippen molar-refractivity contribution in [2.75, 3.05) is 19.4 Å². The van der Waals surface area contributed by atoms with Gasteiger partial charge >= 0.3 is 0 Å². The number of nitrogens with zero attached hydrogens (tertiary/aromatic N) is 5. The Bertz CT molecular complexity index is 1230. The third-order valence-electron chi connectivity index (χ3n) is 6.65. The first-order valence-corrected chi connectivity index (χ1v) is 12.4. The Hall–Kier alpha value is -3.42. The second-order valence-corrected chi connectivity index (χ2v) is 10.3. The summed E-state index contributed by atoms with van der Waals surface area (Å²) in [5.41, 5.74) is 4.32. The SMILES string of the molecule is CC(C)Cn1cc(-c2cnn(C)c2)cc(N[C@H]2CC[C@@H](c3ccnc(C(=O)N(C)C)c3)CC2)c1=O. The van der Waals surface area contributed by atoms with Gasteiger partial charge in [-0.2, -0.15) is 5.10 Å². The van der Waals surface area contributed by atoms with Gasteiger partial charge in [0.25, 0.3) is 11.5 Å². The predicted molar refractivity (Wildman–Crippen MR) is 139 cm³/mol. The van der Waals surface area contributed by atoms with E-state index in [0.717, 1.165) is 36.8 Å². The van der Waals surface area contributed by atoms with Crippen LogP contribution in [0.2, 0.25) is 0 Å². The van der Waals surface area contributed by atoms with E-state index in [9.17, 15) is 9.59 Å². The van der Waals surface area contributed by atoms with Crippen molar-refractivity contribution in [1.82, 2.24) is 24.2 Å². The van der Waals surface area contributed by atoms with Gasteiger partial charge in [0.15, 0.2) is 0 Å². The van der Waals surface area contributed by atoms with Crippen LogP contribution in [0.1, 0.15) is 61.5 Å². The summed E-state index contributed by atoms with van der Waals surface area (Å²) < 4.78 is 3.60. The monoisotopic (exact) mass is 476 g/mol. The van der Waals surface area contributed by atoms with E-state index in [-0.39, 0.29) is 17.5 Å². The molecule has 3 heterocycles. The highest BCUT2D eigenvalue weighted by Gasteiger charge is 2.24. The van der Waals surface area contributed by atoms with Gasteiger partial charge in [-0.05, 0) is 61.3 Å². The van der Waals surface area contributed by atoms with Crippen LogP contribution in [0.3, 0.4) is 0 Å². The molecule has 0 radical (unpaired) electrons. The normalized spacial score (nSPS) is 18.0. The van der Waals surface area contributed by atoms with Gasteiger partial charge in [0, 0.05) is 63.4 Å². The van der Waals surface area contributed by atoms with E-state index in [0.29, 0.717) is 29.8 Å². The molecule has 0 bridgehead atoms. The summed E-state index contributed by atoms with van der Waals surface area (Å²) in [5.74, 6) is 0.683. The molecule has 35 heavy (non-hydrogen) atoms. The molecule has 0 aliphatic heterocycles. The minimum atomic E-state index is -0.0756. The molecule has 0 aromatic carbocycles. The molecule has 0 spiro atoms. The minimum absolute atomic E-state index is 0.0226. The fourth-order valence-electron chi connectivity index (χ4n) is 4.83. The van der Waals surface area contributed by atoms with Crippen LogP contribution < -0.4 is 10.9 Å². The van der Waals surface area contributed by atoms with Crippen LogP contribution in [0.25, 0.3) is 11.1 Å². The first-order chi connectivity index (χ1) is 16.7. The first kappa shape index (κ1) is 24.7. The van der Waals surface area contributed by atoms with Crippen LogP contribution in [-0.4, -0.2) is 50.3 Å². The van der Waals surface area contributed by atoms with Crippen molar-refractivity contribution in [2.24, 2.45) is 13.0 Å². The lowest BCUT2D eigenvalue weighted by molar-refractivity contribution is 0.0822. The maximum atomic E-state index is 13.2. The second-order valence-electron chi connectivity index (χ2n) is 10.3. The summed E-state index contributed by atoms with van der Waals surface area (Å²) in [6.07, 6.45) is 11.4. The Balaban J connectivity index is 1.49. The Kier molecular flexibility index (Phi) is 7.38. The third-order valence-corrected chi connectivity index (χ3v) is 6.65. The molecule has 1 amide bonds. The standard InChI is InChI=1S/C27H36N6O2/c1-18(2)15-33-17-21(22-14-29-32(5)16-22)13-25(27(33)35)30-23-8-6-19(7-9-23)20-10-11-28-24(12-20)26(34)31(3)4/h10-14,16-19,23,30H,6-9,15H2,1-5H3/t19-,23+. The molecule has 0 saturated heterocycles. The number of carbonyl (C=O) groups excluding carboxylic acids is 1. The van der Waals surface area contributed by atoms with E-state index in [1.807, 2.05) is 48.4 Å². The Morgan fingerprint density at radius 3 is 2.51 bits per heavy atom. The largest absolute Gasteiger partial charge is 0.378 e. The zero-order chi connectivity index (χ0) is 25.1. The number of aryl methyl sites for hydroxylation is 1. The molecular weight excluding hydrogens is 440 g/mol. The maximum absolute atomic E-state index is 13.2. The molecular formula is C27H36N6O2. The van der Waals surface area contributed by atoms with Gasteiger partial charge in [0.05, 0.1) is 6.20 Å². The van der Waals surface area contributed by atoms with E-state index in [4.69, 9.17) is 0 Å². The summed E-state index contributed by atoms with van der Waals surface area (Å²) in [6, 6.07) is 6.15. The highest BCUT2D eigenvalue weighted by Crippen LogP contribution is 2.34. The molecule has 8 heteroatoms. The topological polar surface area (TPSA) is 85.1 Å². The first-order valence-electron chi connectivity index (χ1n) is 12.4. The Labute approximate surface area is 207 Å². The van der Waals surface area contributed by atoms with Crippen molar-refractivity contribution < 1.29 is 4.79 Å². The average molecular weight is 477 g/mol. The number of anilines is 1. The Morgan fingerprint density at radius 1 is 1.14 bits per heavy atom. The number of nitrogens with one attached hydrogen (secondary N) is 1. The van der Waals surface area contributed by atoms with Gasteiger partial charge in [-0.25, -0.2) is 0 Å². The lowest BCUT2D eigenvalue weighted by Gasteiger charge is -2.30. The summed E-state index contributed by atoms with van der Waals surface area (Å²) in [7, 11) is 5.38. The van der Waals surface area contributed by atoms with Crippen LogP contribution in [0, 0.1) is 5.92 Å². The van der Waals surface area contributed by atoms with Gasteiger partial charge in [-0.3, -0.25) is 19.3 Å². The smallest absolute Gasteiger partial charge is 0.273 e. The number of aromatic nitrogens is 4. The van der Waals surface area contributed by atoms with Crippen molar-refractivity contribution >= 4 is 11.6 Å². The summed E-state index contributed by atoms with van der Waals surface area (Å²) >= 11 is 0. The van der Waals surface area contributed by atoms with Crippen LogP contribution in [0.15, 0.2) is 47.8 Å². The van der Waals surface area contributed by atoms with Crippen molar-refractivity contribution in [2.45, 2.75) is 58.0 Å². The minimum Gasteiger partial charge on any atom is -0.378 e. The fraction of sp³-hybridized carbons (Fsp3) is 0.481. The van der Waals surface area contributed by atoms with Gasteiger partial charge in [0.1, 0.15) is 11.4 Å². The van der Waals surface area contributed by atoms with E-state index >= 15 is 0 Å². The van der Waals surface area contributed by atoms with Crippen molar-refractivity contribution in [3.8, 4) is 11.1 Å². The molecule has 4 rings (SSSR count). The Morgan fingerprint density at radius 2 is 1.89 bits per heavy atom. The summed E-state index contributed by atoms with van der Waals surface area (Å²) in [4.78, 5) is 31.4. The molecule has 8 nitrogen and oxygen atoms in total. The average Bonchev–Trinajstić information content (AvgIpc) is 3.27. The molecule has 1 saturated carbocycles. The van der Waals surface area contributed by atoms with Crippen LogP contribution in [-0.2, 0) is 13.6 Å². The molecule has 0 atom stereocenters. The zero-order valence-corrected chi connectivity index (χ0v) is 21.4. The quantitative estimate of drug-likeness (QED) is 0.554. The van der Waals surface area contributed by atoms with Crippen molar-refractivity contribution in [3.63, 3.8) is 0 Å². The van der Waals surface area contributed by atoms with Gasteiger partial charge < -0.3 is 14.8 Å². The maximum Gasteiger partial charge on any atom is 0.273 e. The highest BCUT2D eigenvalue weighted by molar-refractivity contribution is 5.92. The highest BCUT2D eigenvalue weighted by atomic mass is 16.2. The number of hydrogen-bond donors (Lipinski definition) is 1. The molecule has 3 aromatic heterocycles. The van der Waals surface area contributed by atoms with E-state index < -0.39 is 0 Å². The lowest BCUT2D eigenvalue weighted by Crippen LogP contribution is -2.31. The number of hydrogen-bond acceptors (Lipinski definition) is 5. The zero-order valence-electron chi connectivity index (χ0n) is 21.4. The molecule has 1 aliphatic rings. The molecule has 3 aromatic rings. The molecule has 0 unspecified atom stereocenters. The molecule has 1 fully saturated rings. The van der Waals surface area contributed by atoms with Gasteiger partial charge in [-0.1, -0.05) is 13.8 Å². The number of pyridine rings is 2. The van der Waals surface area contributed by atoms with Crippen molar-refractivity contribution in [1.29, 1.82) is 0 Å². The molecule has 1 aliphatic carbocycles. The fourth-order valence-corrected chi connectivity index (χ4v) is 4.83. The van der Waals surface area contributed by atoms with Gasteiger partial charge in [-0.15, -0.1) is 0 Å². The summed E-state index contributed by atoms with van der Waals surface area (Å²) in [6.45, 7) is 4.91. The number of carbonyl (C=O) groups is 1. The lowest BCUT2D eigenvalue weighted by atomic mass is 9.81. The number of amides is 1. The van der Waals surface area contributed by atoms with Crippen LogP contribution in [0.4, 0.5) is 5.69 Å². The van der Waals surface area contributed by atoms with E-state index in [2.05, 4.69) is 29.2 Å². The summed E-state index contributed by atoms with van der Waals surface area (Å²) in [5, 5.41) is 7.86. The predicted octanol–water partition coefficient (Wildman–Crippen LogP) is 4.14. The van der Waals surface area contributed by atoms with E-state index in [1.54, 1.807) is 29.9 Å². The third kappa shape index (κ3) is 5.81.